The first-order valence-electron chi connectivity index (χ1n) is 10.9. The number of hydrogen-bond donors (Lipinski definition) is 3. The number of likely N-dealkylation sites (tertiary alicyclic amines) is 1. The molecule has 2 aliphatic rings. The Morgan fingerprint density at radius 2 is 2.03 bits per heavy atom. The molecule has 1 saturated heterocycles. The second-order valence-electron chi connectivity index (χ2n) is 9.75. The van der Waals surface area contributed by atoms with E-state index in [1.54, 1.807) is 19.3 Å². The zero-order valence-electron chi connectivity index (χ0n) is 18.2. The van der Waals surface area contributed by atoms with E-state index in [4.69, 9.17) is 0 Å². The molecule has 3 aromatic heterocycles. The third-order valence-corrected chi connectivity index (χ3v) is 6.47. The molecule has 4 heterocycles. The second-order valence-corrected chi connectivity index (χ2v) is 9.75. The van der Waals surface area contributed by atoms with Crippen LogP contribution in [0.3, 0.4) is 0 Å². The minimum absolute atomic E-state index is 0.100. The molecule has 9 nitrogen and oxygen atoms in total. The number of H-pyrrole nitrogens is 1. The number of anilines is 1. The number of hydrogen-bond acceptors (Lipinski definition) is 5. The van der Waals surface area contributed by atoms with Gasteiger partial charge in [0, 0.05) is 23.7 Å². The van der Waals surface area contributed by atoms with Gasteiger partial charge in [0.05, 0.1) is 41.4 Å². The van der Waals surface area contributed by atoms with Crippen LogP contribution in [0.2, 0.25) is 0 Å². The van der Waals surface area contributed by atoms with E-state index in [0.717, 1.165) is 43.1 Å². The fourth-order valence-electron chi connectivity index (χ4n) is 4.54. The third-order valence-electron chi connectivity index (χ3n) is 6.47. The monoisotopic (exact) mass is 423 g/mol. The number of fused-ring (bicyclic) bond motifs is 1. The summed E-state index contributed by atoms with van der Waals surface area (Å²) in [5.41, 5.74) is 1.96. The smallest absolute Gasteiger partial charge is 0.322 e. The summed E-state index contributed by atoms with van der Waals surface area (Å²) in [5, 5.41) is 26.1. The number of aromatic nitrogens is 5. The number of nitrogens with one attached hydrogen (secondary N) is 2. The summed E-state index contributed by atoms with van der Waals surface area (Å²) in [6, 6.07) is 1.77. The molecule has 1 aliphatic heterocycles. The van der Waals surface area contributed by atoms with Crippen LogP contribution in [0, 0.1) is 5.92 Å². The van der Waals surface area contributed by atoms with E-state index in [1.807, 2.05) is 21.8 Å². The van der Waals surface area contributed by atoms with Crippen molar-refractivity contribution in [1.82, 2.24) is 29.9 Å². The summed E-state index contributed by atoms with van der Waals surface area (Å²) >= 11 is 0. The van der Waals surface area contributed by atoms with Crippen LogP contribution >= 0.6 is 0 Å². The number of aliphatic hydroxyl groups is 1. The SMILES string of the molecule is CC(C)Cn1ncc2cnc(-c3[nH]ncc3NC(=O)N3CC(C)(O)CCC34CC4)cc21. The minimum Gasteiger partial charge on any atom is -0.388 e. The summed E-state index contributed by atoms with van der Waals surface area (Å²) in [6.45, 7) is 7.26. The van der Waals surface area contributed by atoms with Crippen molar-refractivity contribution in [2.45, 2.75) is 64.1 Å². The van der Waals surface area contributed by atoms with Crippen LogP contribution in [0.1, 0.15) is 46.5 Å². The van der Waals surface area contributed by atoms with Crippen molar-refractivity contribution in [2.75, 3.05) is 11.9 Å². The Labute approximate surface area is 180 Å². The number of urea groups is 1. The molecule has 9 heteroatoms. The van der Waals surface area contributed by atoms with Crippen LogP contribution in [0.5, 0.6) is 0 Å². The van der Waals surface area contributed by atoms with Crippen LogP contribution in [-0.4, -0.2) is 58.7 Å². The Morgan fingerprint density at radius 3 is 2.77 bits per heavy atom. The highest BCUT2D eigenvalue weighted by atomic mass is 16.3. The van der Waals surface area contributed by atoms with Crippen molar-refractivity contribution in [3.8, 4) is 11.4 Å². The van der Waals surface area contributed by atoms with Gasteiger partial charge in [0.1, 0.15) is 5.69 Å². The normalized spacial score (nSPS) is 22.4. The highest BCUT2D eigenvalue weighted by Gasteiger charge is 2.55. The lowest BCUT2D eigenvalue weighted by Gasteiger charge is -2.43. The van der Waals surface area contributed by atoms with Crippen LogP contribution in [0.4, 0.5) is 10.5 Å². The summed E-state index contributed by atoms with van der Waals surface area (Å²) in [5.74, 6) is 0.471. The van der Waals surface area contributed by atoms with Gasteiger partial charge in [0.25, 0.3) is 0 Å². The fraction of sp³-hybridized carbons (Fsp3) is 0.545. The van der Waals surface area contributed by atoms with Crippen LogP contribution < -0.4 is 5.32 Å². The third kappa shape index (κ3) is 3.67. The predicted octanol–water partition coefficient (Wildman–Crippen LogP) is 3.39. The molecule has 1 saturated carbocycles. The molecule has 0 radical (unpaired) electrons. The van der Waals surface area contributed by atoms with E-state index in [9.17, 15) is 9.90 Å². The first-order valence-corrected chi connectivity index (χ1v) is 10.9. The molecule has 1 spiro atoms. The van der Waals surface area contributed by atoms with Gasteiger partial charge in [-0.25, -0.2) is 4.79 Å². The average Bonchev–Trinajstić information content (AvgIpc) is 3.17. The molecule has 5 rings (SSSR count). The van der Waals surface area contributed by atoms with Gasteiger partial charge in [-0.1, -0.05) is 13.8 Å². The zero-order chi connectivity index (χ0) is 21.8. The standard InChI is InChI=1S/C22H29N7O2/c1-14(2)12-29-18-8-16(23-9-15(18)10-25-29)19-17(11-24-27-19)26-20(30)28-13-21(3,31)4-5-22(28)6-7-22/h8-11,14,31H,4-7,12-13H2,1-3H3,(H,24,27)(H,26,30). The Kier molecular flexibility index (Phi) is 4.55. The fourth-order valence-corrected chi connectivity index (χ4v) is 4.54. The quantitative estimate of drug-likeness (QED) is 0.595. The highest BCUT2D eigenvalue weighted by Crippen LogP contribution is 2.50. The summed E-state index contributed by atoms with van der Waals surface area (Å²) in [4.78, 5) is 19.5. The maximum absolute atomic E-state index is 13.2. The molecular weight excluding hydrogens is 394 g/mol. The average molecular weight is 424 g/mol. The van der Waals surface area contributed by atoms with Crippen LogP contribution in [-0.2, 0) is 6.54 Å². The molecule has 2 fully saturated rings. The number of rotatable bonds is 4. The predicted molar refractivity (Wildman–Crippen MR) is 117 cm³/mol. The number of nitrogens with zero attached hydrogens (tertiary/aromatic N) is 5. The molecule has 0 aromatic carbocycles. The Hall–Kier alpha value is -2.94. The molecule has 2 amide bonds. The number of aromatic amines is 1. The summed E-state index contributed by atoms with van der Waals surface area (Å²) < 4.78 is 1.98. The second kappa shape index (κ2) is 7.05. The van der Waals surface area contributed by atoms with Crippen molar-refractivity contribution in [1.29, 1.82) is 0 Å². The Balaban J connectivity index is 1.42. The largest absolute Gasteiger partial charge is 0.388 e. The topological polar surface area (TPSA) is 112 Å². The Morgan fingerprint density at radius 1 is 1.26 bits per heavy atom. The molecule has 3 aromatic rings. The molecule has 31 heavy (non-hydrogen) atoms. The van der Waals surface area contributed by atoms with Gasteiger partial charge in [0.2, 0.25) is 0 Å². The lowest BCUT2D eigenvalue weighted by Crippen LogP contribution is -2.56. The first-order chi connectivity index (χ1) is 14.8. The van der Waals surface area contributed by atoms with Gasteiger partial charge in [-0.3, -0.25) is 14.8 Å². The van der Waals surface area contributed by atoms with E-state index in [2.05, 4.69) is 39.4 Å². The van der Waals surface area contributed by atoms with E-state index >= 15 is 0 Å². The van der Waals surface area contributed by atoms with Crippen LogP contribution in [0.25, 0.3) is 22.3 Å². The molecular formula is C22H29N7O2. The van der Waals surface area contributed by atoms with Crippen molar-refractivity contribution in [3.05, 3.63) is 24.7 Å². The number of pyridine rings is 1. The van der Waals surface area contributed by atoms with Gasteiger partial charge in [0.15, 0.2) is 0 Å². The maximum Gasteiger partial charge on any atom is 0.322 e. The minimum atomic E-state index is -0.855. The number of carbonyl (C=O) groups is 1. The molecule has 164 valence electrons. The van der Waals surface area contributed by atoms with Crippen molar-refractivity contribution >= 4 is 22.6 Å². The maximum atomic E-state index is 13.2. The lowest BCUT2D eigenvalue weighted by atomic mass is 9.89. The van der Waals surface area contributed by atoms with Gasteiger partial charge in [-0.15, -0.1) is 0 Å². The molecule has 1 aliphatic carbocycles. The zero-order valence-corrected chi connectivity index (χ0v) is 18.2. The number of carbonyl (C=O) groups excluding carboxylic acids is 1. The Bertz CT molecular complexity index is 1130. The van der Waals surface area contributed by atoms with E-state index in [-0.39, 0.29) is 11.6 Å². The van der Waals surface area contributed by atoms with Gasteiger partial charge in [-0.05, 0) is 44.6 Å². The number of β-amino-alcohol motifs (C(OH)–C–C–N with tert-alkyl or cyclic N) is 1. The number of piperidine rings is 1. The molecule has 1 atom stereocenters. The highest BCUT2D eigenvalue weighted by molar-refractivity contribution is 5.94. The first kappa shape index (κ1) is 20.0. The van der Waals surface area contributed by atoms with E-state index in [1.165, 1.54) is 0 Å². The van der Waals surface area contributed by atoms with E-state index in [0.29, 0.717) is 29.5 Å². The van der Waals surface area contributed by atoms with Crippen molar-refractivity contribution in [2.24, 2.45) is 5.92 Å². The van der Waals surface area contributed by atoms with Gasteiger partial charge in [-0.2, -0.15) is 10.2 Å². The van der Waals surface area contributed by atoms with Gasteiger partial charge >= 0.3 is 6.03 Å². The molecule has 0 bridgehead atoms. The van der Waals surface area contributed by atoms with Crippen LogP contribution in [0.15, 0.2) is 24.7 Å². The lowest BCUT2D eigenvalue weighted by molar-refractivity contribution is -0.0266. The molecule has 1 unspecified atom stereocenters. The van der Waals surface area contributed by atoms with Crippen molar-refractivity contribution < 1.29 is 9.90 Å². The number of amides is 2. The molecule has 3 N–H and O–H groups in total. The summed E-state index contributed by atoms with van der Waals surface area (Å²) in [6.07, 6.45) is 8.76. The van der Waals surface area contributed by atoms with Gasteiger partial charge < -0.3 is 15.3 Å². The van der Waals surface area contributed by atoms with E-state index < -0.39 is 5.60 Å². The summed E-state index contributed by atoms with van der Waals surface area (Å²) in [7, 11) is 0. The van der Waals surface area contributed by atoms with Crippen molar-refractivity contribution in [3.63, 3.8) is 0 Å².